The van der Waals surface area contributed by atoms with Crippen LogP contribution in [0.15, 0.2) is 46.6 Å². The second kappa shape index (κ2) is 7.73. The molecule has 1 aromatic heterocycles. The number of carbonyl (C=O) groups excluding carboxylic acids is 2. The third-order valence-corrected chi connectivity index (χ3v) is 7.67. The van der Waals surface area contributed by atoms with Crippen molar-refractivity contribution in [2.45, 2.75) is 56.9 Å². The molecule has 9 heteroatoms. The number of allylic oxidation sites excluding steroid dienone is 3. The van der Waals surface area contributed by atoms with Gasteiger partial charge in [-0.25, -0.2) is 13.8 Å². The quantitative estimate of drug-likeness (QED) is 0.599. The molecule has 0 bridgehead atoms. The summed E-state index contributed by atoms with van der Waals surface area (Å²) in [6.45, 7) is 2.57. The van der Waals surface area contributed by atoms with E-state index in [2.05, 4.69) is 20.9 Å². The van der Waals surface area contributed by atoms with Crippen molar-refractivity contribution < 1.29 is 23.1 Å². The fourth-order valence-electron chi connectivity index (χ4n) is 5.61. The van der Waals surface area contributed by atoms with E-state index in [1.165, 1.54) is 6.08 Å². The first-order valence-corrected chi connectivity index (χ1v) is 11.7. The van der Waals surface area contributed by atoms with Crippen LogP contribution in [0.2, 0.25) is 0 Å². The fraction of sp³-hybridized carbons (Fsp3) is 0.522. The van der Waals surface area contributed by atoms with Gasteiger partial charge < -0.3 is 14.5 Å². The molecule has 0 radical (unpaired) electrons. The van der Waals surface area contributed by atoms with Crippen molar-refractivity contribution in [2.75, 3.05) is 13.1 Å². The Labute approximate surface area is 193 Å². The molecule has 0 N–H and O–H groups in total. The van der Waals surface area contributed by atoms with Gasteiger partial charge in [-0.15, -0.1) is 0 Å². The van der Waals surface area contributed by atoms with Crippen LogP contribution in [-0.4, -0.2) is 57.6 Å². The van der Waals surface area contributed by atoms with Gasteiger partial charge in [0.25, 0.3) is 11.8 Å². The number of aromatic nitrogens is 1. The van der Waals surface area contributed by atoms with E-state index in [1.807, 2.05) is 0 Å². The number of rotatable bonds is 2. The lowest BCUT2D eigenvalue weighted by atomic mass is 9.74. The number of likely N-dealkylation sites (tertiary alicyclic amines) is 1. The average Bonchev–Trinajstić information content (AvgIpc) is 3.27. The van der Waals surface area contributed by atoms with Gasteiger partial charge in [0, 0.05) is 60.6 Å². The van der Waals surface area contributed by atoms with Crippen molar-refractivity contribution in [2.24, 2.45) is 5.41 Å². The second-order valence-electron chi connectivity index (χ2n) is 9.33. The number of nitrogens with zero attached hydrogens (tertiary/aromatic N) is 3. The summed E-state index contributed by atoms with van der Waals surface area (Å²) < 4.78 is 35.2. The van der Waals surface area contributed by atoms with Crippen LogP contribution in [0.25, 0.3) is 0 Å². The van der Waals surface area contributed by atoms with E-state index in [0.717, 1.165) is 10.5 Å². The van der Waals surface area contributed by atoms with Gasteiger partial charge in [0.15, 0.2) is 5.60 Å². The number of halogens is 3. The minimum atomic E-state index is -0.977. The van der Waals surface area contributed by atoms with E-state index in [-0.39, 0.29) is 30.5 Å². The minimum Gasteiger partial charge on any atom is -0.342 e. The Morgan fingerprint density at radius 3 is 2.66 bits per heavy atom. The topological polar surface area (TPSA) is 62.7 Å². The highest BCUT2D eigenvalue weighted by Crippen LogP contribution is 2.50. The molecule has 5 rings (SSSR count). The number of amides is 2. The number of hydrogen-bond donors (Lipinski definition) is 0. The molecular weight excluding hydrogens is 484 g/mol. The molecule has 1 aliphatic carbocycles. The van der Waals surface area contributed by atoms with Crippen LogP contribution in [0, 0.1) is 5.41 Å². The predicted octanol–water partition coefficient (Wildman–Crippen LogP) is 4.28. The molecule has 4 aliphatic rings. The summed E-state index contributed by atoms with van der Waals surface area (Å²) in [6, 6.07) is 3.11. The Bertz CT molecular complexity index is 1020. The van der Waals surface area contributed by atoms with Crippen LogP contribution < -0.4 is 0 Å². The molecule has 1 spiro atoms. The minimum absolute atomic E-state index is 0.0665. The average molecular weight is 508 g/mol. The molecule has 1 aromatic rings. The number of fused-ring (bicyclic) bond motifs is 1. The molecule has 4 heterocycles. The summed E-state index contributed by atoms with van der Waals surface area (Å²) >= 11 is 3.31. The number of ether oxygens (including phenoxy) is 1. The standard InChI is InChI=1S/C23H24BrF2N3O3/c1-22(11-15(25)10-16(26)12-22)18-4-5-19-29(18)21(31)23(32-19)6-8-28(9-7-23)20(30)17-3-2-14(24)13-27-17/h2-3,10-11,13,18-19H,4-9,12H2,1H3/t18-,19+,22?/m0/s1. The van der Waals surface area contributed by atoms with Crippen molar-refractivity contribution in [3.8, 4) is 0 Å². The van der Waals surface area contributed by atoms with Crippen LogP contribution in [0.4, 0.5) is 8.78 Å². The van der Waals surface area contributed by atoms with Crippen LogP contribution in [0.1, 0.15) is 49.5 Å². The van der Waals surface area contributed by atoms with Crippen molar-refractivity contribution in [3.63, 3.8) is 0 Å². The maximum Gasteiger partial charge on any atom is 0.272 e. The maximum atomic E-state index is 14.1. The van der Waals surface area contributed by atoms with Gasteiger partial charge in [-0.2, -0.15) is 0 Å². The SMILES string of the molecule is CC1([C@@H]2CC[C@H]3OC4(CCN(C(=O)c5ccc(Br)cn5)CC4)C(=O)N23)C=C(F)C=C(F)C1. The van der Waals surface area contributed by atoms with Gasteiger partial charge in [-0.1, -0.05) is 6.92 Å². The molecule has 3 atom stereocenters. The zero-order valence-electron chi connectivity index (χ0n) is 17.7. The van der Waals surface area contributed by atoms with Gasteiger partial charge in [0.1, 0.15) is 23.6 Å². The van der Waals surface area contributed by atoms with Gasteiger partial charge >= 0.3 is 0 Å². The summed E-state index contributed by atoms with van der Waals surface area (Å²) in [7, 11) is 0. The fourth-order valence-corrected chi connectivity index (χ4v) is 5.85. The van der Waals surface area contributed by atoms with E-state index in [9.17, 15) is 18.4 Å². The number of pyridine rings is 1. The number of carbonyl (C=O) groups is 2. The largest absolute Gasteiger partial charge is 0.342 e. The molecule has 3 aliphatic heterocycles. The molecule has 1 unspecified atom stereocenters. The molecular formula is C23H24BrF2N3O3. The van der Waals surface area contributed by atoms with E-state index in [0.29, 0.717) is 44.5 Å². The smallest absolute Gasteiger partial charge is 0.272 e. The highest BCUT2D eigenvalue weighted by Gasteiger charge is 2.60. The Balaban J connectivity index is 1.30. The summed E-state index contributed by atoms with van der Waals surface area (Å²) in [4.78, 5) is 33.9. The van der Waals surface area contributed by atoms with E-state index in [4.69, 9.17) is 4.74 Å². The lowest BCUT2D eigenvalue weighted by Crippen LogP contribution is -2.54. The van der Waals surface area contributed by atoms with Crippen molar-refractivity contribution in [1.29, 1.82) is 0 Å². The van der Waals surface area contributed by atoms with E-state index >= 15 is 0 Å². The zero-order chi connectivity index (χ0) is 22.7. The van der Waals surface area contributed by atoms with E-state index < -0.39 is 22.7 Å². The number of piperidine rings is 1. The number of hydrogen-bond acceptors (Lipinski definition) is 4. The molecule has 3 saturated heterocycles. The normalized spacial score (nSPS) is 31.6. The monoisotopic (exact) mass is 507 g/mol. The molecule has 0 saturated carbocycles. The summed E-state index contributed by atoms with van der Waals surface area (Å²) in [6.07, 6.45) is 5.67. The van der Waals surface area contributed by atoms with Crippen LogP contribution in [0.3, 0.4) is 0 Å². The lowest BCUT2D eigenvalue weighted by Gasteiger charge is -2.40. The van der Waals surface area contributed by atoms with Gasteiger partial charge in [-0.3, -0.25) is 9.59 Å². The van der Waals surface area contributed by atoms with Crippen LogP contribution in [0.5, 0.6) is 0 Å². The maximum absolute atomic E-state index is 14.1. The van der Waals surface area contributed by atoms with Crippen LogP contribution >= 0.6 is 15.9 Å². The summed E-state index contributed by atoms with van der Waals surface area (Å²) in [5.74, 6) is -1.40. The van der Waals surface area contributed by atoms with Crippen molar-refractivity contribution >= 4 is 27.7 Å². The Morgan fingerprint density at radius 1 is 1.25 bits per heavy atom. The third kappa shape index (κ3) is 3.50. The second-order valence-corrected chi connectivity index (χ2v) is 10.2. The lowest BCUT2D eigenvalue weighted by molar-refractivity contribution is -0.143. The Kier molecular flexibility index (Phi) is 5.24. The van der Waals surface area contributed by atoms with Crippen molar-refractivity contribution in [1.82, 2.24) is 14.8 Å². The molecule has 3 fully saturated rings. The Morgan fingerprint density at radius 2 is 2.00 bits per heavy atom. The molecule has 6 nitrogen and oxygen atoms in total. The van der Waals surface area contributed by atoms with Gasteiger partial charge in [0.2, 0.25) is 0 Å². The van der Waals surface area contributed by atoms with E-state index in [1.54, 1.807) is 35.1 Å². The first-order chi connectivity index (χ1) is 15.2. The van der Waals surface area contributed by atoms with Gasteiger partial charge in [0.05, 0.1) is 0 Å². The highest BCUT2D eigenvalue weighted by atomic mass is 79.9. The predicted molar refractivity (Wildman–Crippen MR) is 116 cm³/mol. The molecule has 32 heavy (non-hydrogen) atoms. The molecule has 170 valence electrons. The Hall–Kier alpha value is -2.13. The molecule has 0 aromatic carbocycles. The van der Waals surface area contributed by atoms with Crippen LogP contribution in [-0.2, 0) is 9.53 Å². The zero-order valence-corrected chi connectivity index (χ0v) is 19.3. The summed E-state index contributed by atoms with van der Waals surface area (Å²) in [5, 5.41) is 0. The third-order valence-electron chi connectivity index (χ3n) is 7.20. The molecule has 2 amide bonds. The highest BCUT2D eigenvalue weighted by molar-refractivity contribution is 9.10. The first-order valence-electron chi connectivity index (χ1n) is 10.9. The van der Waals surface area contributed by atoms with Gasteiger partial charge in [-0.05, 0) is 47.0 Å². The summed E-state index contributed by atoms with van der Waals surface area (Å²) in [5.41, 5.74) is -1.43. The van der Waals surface area contributed by atoms with Crippen molar-refractivity contribution in [3.05, 3.63) is 52.3 Å². The first kappa shape index (κ1) is 21.7.